The number of carboxylic acids is 1. The van der Waals surface area contributed by atoms with Gasteiger partial charge in [0, 0.05) is 16.6 Å². The van der Waals surface area contributed by atoms with Crippen LogP contribution in [0.3, 0.4) is 0 Å². The standard InChI is InChI=1S/C14H15BrClNO3/c15-10-4-3-9(7-11(10)16)12(18)17-8-14(13(19)20)5-1-2-6-14/h3-4,7H,1-2,5-6,8H2,(H,17,18)(H,19,20). The van der Waals surface area contributed by atoms with Crippen LogP contribution in [-0.4, -0.2) is 23.5 Å². The molecule has 0 radical (unpaired) electrons. The van der Waals surface area contributed by atoms with Gasteiger partial charge in [0.05, 0.1) is 10.4 Å². The zero-order valence-electron chi connectivity index (χ0n) is 10.8. The third-order valence-corrected chi connectivity index (χ3v) is 5.02. The monoisotopic (exact) mass is 359 g/mol. The summed E-state index contributed by atoms with van der Waals surface area (Å²) in [6.07, 6.45) is 3.02. The number of rotatable bonds is 4. The number of halogens is 2. The maximum atomic E-state index is 12.1. The van der Waals surface area contributed by atoms with E-state index < -0.39 is 11.4 Å². The number of benzene rings is 1. The normalized spacial score (nSPS) is 16.9. The number of hydrogen-bond donors (Lipinski definition) is 2. The van der Waals surface area contributed by atoms with E-state index in [-0.39, 0.29) is 12.5 Å². The van der Waals surface area contributed by atoms with Crippen LogP contribution in [0.5, 0.6) is 0 Å². The molecule has 0 saturated heterocycles. The second-order valence-electron chi connectivity index (χ2n) is 5.10. The van der Waals surface area contributed by atoms with Crippen LogP contribution in [0, 0.1) is 5.41 Å². The van der Waals surface area contributed by atoms with Crippen molar-refractivity contribution < 1.29 is 14.7 Å². The lowest BCUT2D eigenvalue weighted by Crippen LogP contribution is -2.41. The number of carbonyl (C=O) groups is 2. The molecule has 0 aliphatic heterocycles. The molecule has 1 fully saturated rings. The molecule has 0 unspecified atom stereocenters. The molecule has 4 nitrogen and oxygen atoms in total. The molecular formula is C14H15BrClNO3. The van der Waals surface area contributed by atoms with Crippen molar-refractivity contribution in [2.45, 2.75) is 25.7 Å². The highest BCUT2D eigenvalue weighted by molar-refractivity contribution is 9.10. The first kappa shape index (κ1) is 15.3. The summed E-state index contributed by atoms with van der Waals surface area (Å²) in [7, 11) is 0. The number of aliphatic carboxylic acids is 1. The van der Waals surface area contributed by atoms with Gasteiger partial charge in [-0.3, -0.25) is 9.59 Å². The van der Waals surface area contributed by atoms with Gasteiger partial charge in [0.1, 0.15) is 0 Å². The molecule has 0 spiro atoms. The van der Waals surface area contributed by atoms with Crippen molar-refractivity contribution in [2.75, 3.05) is 6.54 Å². The molecule has 108 valence electrons. The average molecular weight is 361 g/mol. The van der Waals surface area contributed by atoms with Gasteiger partial charge in [0.2, 0.25) is 0 Å². The van der Waals surface area contributed by atoms with Gasteiger partial charge in [-0.2, -0.15) is 0 Å². The highest BCUT2D eigenvalue weighted by Crippen LogP contribution is 2.37. The largest absolute Gasteiger partial charge is 0.481 e. The topological polar surface area (TPSA) is 66.4 Å². The Labute approximate surface area is 130 Å². The molecule has 2 rings (SSSR count). The molecule has 0 heterocycles. The summed E-state index contributed by atoms with van der Waals surface area (Å²) in [5, 5.41) is 12.5. The van der Waals surface area contributed by atoms with Crippen LogP contribution >= 0.6 is 27.5 Å². The Morgan fingerprint density at radius 3 is 2.55 bits per heavy atom. The number of nitrogens with one attached hydrogen (secondary N) is 1. The minimum atomic E-state index is -0.830. The van der Waals surface area contributed by atoms with Crippen LogP contribution in [0.1, 0.15) is 36.0 Å². The quantitative estimate of drug-likeness (QED) is 0.864. The Hall–Kier alpha value is -1.07. The maximum Gasteiger partial charge on any atom is 0.311 e. The molecule has 1 amide bonds. The summed E-state index contributed by atoms with van der Waals surface area (Å²) in [6, 6.07) is 4.90. The van der Waals surface area contributed by atoms with Crippen LogP contribution in [0.25, 0.3) is 0 Å². The second kappa shape index (κ2) is 6.14. The van der Waals surface area contributed by atoms with E-state index in [1.165, 1.54) is 0 Å². The van der Waals surface area contributed by atoms with Gasteiger partial charge >= 0.3 is 5.97 Å². The lowest BCUT2D eigenvalue weighted by Gasteiger charge is -2.24. The fourth-order valence-electron chi connectivity index (χ4n) is 2.51. The summed E-state index contributed by atoms with van der Waals surface area (Å²) in [5.41, 5.74) is -0.383. The van der Waals surface area contributed by atoms with E-state index >= 15 is 0 Å². The first-order chi connectivity index (χ1) is 9.44. The van der Waals surface area contributed by atoms with E-state index in [1.54, 1.807) is 18.2 Å². The van der Waals surface area contributed by atoms with E-state index in [0.717, 1.165) is 12.8 Å². The fourth-order valence-corrected chi connectivity index (χ4v) is 2.93. The Kier molecular flexibility index (Phi) is 4.70. The smallest absolute Gasteiger partial charge is 0.311 e. The molecule has 2 N–H and O–H groups in total. The van der Waals surface area contributed by atoms with Crippen molar-refractivity contribution in [1.82, 2.24) is 5.32 Å². The van der Waals surface area contributed by atoms with E-state index in [0.29, 0.717) is 27.9 Å². The van der Waals surface area contributed by atoms with Crippen LogP contribution in [-0.2, 0) is 4.79 Å². The molecule has 0 bridgehead atoms. The van der Waals surface area contributed by atoms with E-state index in [1.807, 2.05) is 0 Å². The third-order valence-electron chi connectivity index (χ3n) is 3.78. The Morgan fingerprint density at radius 1 is 1.35 bits per heavy atom. The van der Waals surface area contributed by atoms with Crippen molar-refractivity contribution in [3.8, 4) is 0 Å². The molecule has 1 saturated carbocycles. The lowest BCUT2D eigenvalue weighted by molar-refractivity contribution is -0.148. The van der Waals surface area contributed by atoms with Crippen molar-refractivity contribution >= 4 is 39.4 Å². The van der Waals surface area contributed by atoms with Crippen molar-refractivity contribution in [2.24, 2.45) is 5.41 Å². The zero-order chi connectivity index (χ0) is 14.8. The highest BCUT2D eigenvalue weighted by Gasteiger charge is 2.41. The molecule has 1 aliphatic carbocycles. The number of hydrogen-bond acceptors (Lipinski definition) is 2. The number of carbonyl (C=O) groups excluding carboxylic acids is 1. The molecule has 0 aromatic heterocycles. The van der Waals surface area contributed by atoms with Gasteiger partial charge in [-0.1, -0.05) is 24.4 Å². The van der Waals surface area contributed by atoms with Crippen LogP contribution in [0.2, 0.25) is 5.02 Å². The summed E-state index contributed by atoms with van der Waals surface area (Å²) in [4.78, 5) is 23.4. The molecule has 1 aromatic rings. The summed E-state index contributed by atoms with van der Waals surface area (Å²) in [5.74, 6) is -1.13. The van der Waals surface area contributed by atoms with Gasteiger partial charge < -0.3 is 10.4 Å². The Bertz CT molecular complexity index is 541. The third kappa shape index (κ3) is 3.15. The Balaban J connectivity index is 2.04. The van der Waals surface area contributed by atoms with Crippen molar-refractivity contribution in [3.63, 3.8) is 0 Å². The zero-order valence-corrected chi connectivity index (χ0v) is 13.1. The van der Waals surface area contributed by atoms with Gasteiger partial charge in [0.15, 0.2) is 0 Å². The Morgan fingerprint density at radius 2 is 2.00 bits per heavy atom. The fraction of sp³-hybridized carbons (Fsp3) is 0.429. The van der Waals surface area contributed by atoms with Gasteiger partial charge in [0.25, 0.3) is 5.91 Å². The van der Waals surface area contributed by atoms with E-state index in [4.69, 9.17) is 11.6 Å². The van der Waals surface area contributed by atoms with Gasteiger partial charge in [-0.05, 0) is 47.0 Å². The number of amides is 1. The predicted octanol–water partition coefficient (Wildman–Crippen LogP) is 3.48. The number of carboxylic acid groups (broad SMARTS) is 1. The summed E-state index contributed by atoms with van der Waals surface area (Å²) in [6.45, 7) is 0.162. The SMILES string of the molecule is O=C(NCC1(C(=O)O)CCCC1)c1ccc(Br)c(Cl)c1. The second-order valence-corrected chi connectivity index (χ2v) is 6.37. The minimum absolute atomic E-state index is 0.162. The van der Waals surface area contributed by atoms with Crippen LogP contribution in [0.15, 0.2) is 22.7 Å². The summed E-state index contributed by atoms with van der Waals surface area (Å²) < 4.78 is 0.716. The molecule has 20 heavy (non-hydrogen) atoms. The maximum absolute atomic E-state index is 12.1. The molecule has 0 atom stereocenters. The molecule has 1 aliphatic rings. The van der Waals surface area contributed by atoms with Gasteiger partial charge in [-0.25, -0.2) is 0 Å². The molecular weight excluding hydrogens is 346 g/mol. The average Bonchev–Trinajstić information content (AvgIpc) is 2.89. The molecule has 6 heteroatoms. The van der Waals surface area contributed by atoms with Gasteiger partial charge in [-0.15, -0.1) is 0 Å². The van der Waals surface area contributed by atoms with Crippen molar-refractivity contribution in [1.29, 1.82) is 0 Å². The lowest BCUT2D eigenvalue weighted by atomic mass is 9.86. The van der Waals surface area contributed by atoms with Crippen LogP contribution < -0.4 is 5.32 Å². The first-order valence-corrected chi connectivity index (χ1v) is 7.58. The highest BCUT2D eigenvalue weighted by atomic mass is 79.9. The van der Waals surface area contributed by atoms with Crippen molar-refractivity contribution in [3.05, 3.63) is 33.3 Å². The first-order valence-electron chi connectivity index (χ1n) is 6.41. The minimum Gasteiger partial charge on any atom is -0.481 e. The van der Waals surface area contributed by atoms with E-state index in [9.17, 15) is 14.7 Å². The van der Waals surface area contributed by atoms with E-state index in [2.05, 4.69) is 21.2 Å². The summed E-state index contributed by atoms with van der Waals surface area (Å²) >= 11 is 9.20. The predicted molar refractivity (Wildman–Crippen MR) is 80.0 cm³/mol. The molecule has 1 aromatic carbocycles. The van der Waals surface area contributed by atoms with Crippen LogP contribution in [0.4, 0.5) is 0 Å².